The standard InChI is InChI=1S/C10H15FO2/c1-6-3-7(2)5-8(4-6)9(11)10(12)13/h6-7H,3-5H2,1-2H3,(H,12,13). The summed E-state index contributed by atoms with van der Waals surface area (Å²) in [6.07, 6.45) is 2.27. The molecule has 3 heteroatoms. The van der Waals surface area contributed by atoms with E-state index in [4.69, 9.17) is 5.11 Å². The Balaban J connectivity index is 2.80. The van der Waals surface area contributed by atoms with Gasteiger partial charge >= 0.3 is 5.97 Å². The van der Waals surface area contributed by atoms with E-state index in [2.05, 4.69) is 0 Å². The summed E-state index contributed by atoms with van der Waals surface area (Å²) in [6.45, 7) is 4.07. The number of carboxylic acids is 1. The van der Waals surface area contributed by atoms with Crippen molar-refractivity contribution in [2.75, 3.05) is 0 Å². The van der Waals surface area contributed by atoms with Gasteiger partial charge < -0.3 is 5.11 Å². The molecule has 0 saturated heterocycles. The minimum absolute atomic E-state index is 0.406. The van der Waals surface area contributed by atoms with Crippen LogP contribution in [0.2, 0.25) is 0 Å². The number of carboxylic acid groups (broad SMARTS) is 1. The highest BCUT2D eigenvalue weighted by atomic mass is 19.1. The van der Waals surface area contributed by atoms with Crippen LogP contribution in [-0.2, 0) is 4.79 Å². The van der Waals surface area contributed by atoms with Crippen molar-refractivity contribution in [2.45, 2.75) is 33.1 Å². The normalized spacial score (nSPS) is 28.7. The van der Waals surface area contributed by atoms with Crippen LogP contribution in [-0.4, -0.2) is 11.1 Å². The van der Waals surface area contributed by atoms with E-state index >= 15 is 0 Å². The Morgan fingerprint density at radius 3 is 2.23 bits per heavy atom. The van der Waals surface area contributed by atoms with Gasteiger partial charge in [-0.25, -0.2) is 4.79 Å². The Hall–Kier alpha value is -0.860. The number of hydrogen-bond acceptors (Lipinski definition) is 1. The molecule has 0 heterocycles. The Labute approximate surface area is 77.4 Å². The Kier molecular flexibility index (Phi) is 3.07. The summed E-state index contributed by atoms with van der Waals surface area (Å²) in [5.74, 6) is -1.54. The number of rotatable bonds is 1. The molecular formula is C10H15FO2. The number of halogens is 1. The SMILES string of the molecule is CC1CC(=C(F)C(=O)O)CC(C)C1. The molecule has 13 heavy (non-hydrogen) atoms. The van der Waals surface area contributed by atoms with Crippen molar-refractivity contribution in [3.63, 3.8) is 0 Å². The molecule has 1 saturated carbocycles. The van der Waals surface area contributed by atoms with Gasteiger partial charge in [-0.3, -0.25) is 0 Å². The van der Waals surface area contributed by atoms with E-state index in [0.29, 0.717) is 30.3 Å². The smallest absolute Gasteiger partial charge is 0.364 e. The molecule has 2 nitrogen and oxygen atoms in total. The molecule has 0 aromatic rings. The number of hydrogen-bond donors (Lipinski definition) is 1. The summed E-state index contributed by atoms with van der Waals surface area (Å²) in [4.78, 5) is 10.4. The molecule has 0 aromatic heterocycles. The van der Waals surface area contributed by atoms with E-state index in [-0.39, 0.29) is 0 Å². The van der Waals surface area contributed by atoms with Crippen LogP contribution in [0.4, 0.5) is 4.39 Å². The lowest BCUT2D eigenvalue weighted by atomic mass is 9.80. The minimum atomic E-state index is -1.42. The average molecular weight is 186 g/mol. The summed E-state index contributed by atoms with van der Waals surface area (Å²) in [7, 11) is 0. The molecule has 1 rings (SSSR count). The van der Waals surface area contributed by atoms with Crippen molar-refractivity contribution in [2.24, 2.45) is 11.8 Å². The van der Waals surface area contributed by atoms with Crippen molar-refractivity contribution in [1.82, 2.24) is 0 Å². The number of aliphatic carboxylic acids is 1. The predicted molar refractivity (Wildman–Crippen MR) is 47.9 cm³/mol. The fourth-order valence-electron chi connectivity index (χ4n) is 2.11. The predicted octanol–water partition coefficient (Wildman–Crippen LogP) is 2.75. The molecule has 0 bridgehead atoms. The quantitative estimate of drug-likeness (QED) is 0.639. The topological polar surface area (TPSA) is 37.3 Å². The van der Waals surface area contributed by atoms with E-state index in [1.807, 2.05) is 13.8 Å². The van der Waals surface area contributed by atoms with Gasteiger partial charge in [0.25, 0.3) is 0 Å². The van der Waals surface area contributed by atoms with Gasteiger partial charge in [-0.1, -0.05) is 13.8 Å². The fraction of sp³-hybridized carbons (Fsp3) is 0.700. The summed E-state index contributed by atoms with van der Waals surface area (Å²) in [6, 6.07) is 0. The van der Waals surface area contributed by atoms with Gasteiger partial charge in [-0.05, 0) is 36.7 Å². The molecular weight excluding hydrogens is 171 g/mol. The molecule has 74 valence electrons. The van der Waals surface area contributed by atoms with Crippen molar-refractivity contribution in [1.29, 1.82) is 0 Å². The summed E-state index contributed by atoms with van der Waals surface area (Å²) in [5.41, 5.74) is 0.485. The molecule has 0 radical (unpaired) electrons. The highest BCUT2D eigenvalue weighted by molar-refractivity contribution is 5.84. The first-order chi connectivity index (χ1) is 6.00. The van der Waals surface area contributed by atoms with Crippen LogP contribution >= 0.6 is 0 Å². The second-order valence-corrected chi connectivity index (χ2v) is 4.08. The van der Waals surface area contributed by atoms with Gasteiger partial charge in [0.15, 0.2) is 0 Å². The van der Waals surface area contributed by atoms with Crippen LogP contribution in [0.15, 0.2) is 11.4 Å². The molecule has 1 aliphatic carbocycles. The maximum absolute atomic E-state index is 13.0. The molecule has 0 amide bonds. The zero-order valence-corrected chi connectivity index (χ0v) is 8.01. The average Bonchev–Trinajstić information content (AvgIpc) is 2.01. The van der Waals surface area contributed by atoms with Crippen LogP contribution in [0.25, 0.3) is 0 Å². The monoisotopic (exact) mass is 186 g/mol. The third kappa shape index (κ3) is 2.54. The van der Waals surface area contributed by atoms with Crippen LogP contribution in [0.3, 0.4) is 0 Å². The molecule has 2 unspecified atom stereocenters. The maximum atomic E-state index is 13.0. The van der Waals surface area contributed by atoms with E-state index in [1.165, 1.54) is 0 Å². The lowest BCUT2D eigenvalue weighted by molar-refractivity contribution is -0.134. The first-order valence-corrected chi connectivity index (χ1v) is 4.61. The number of allylic oxidation sites excluding steroid dienone is 1. The van der Waals surface area contributed by atoms with Crippen LogP contribution in [0, 0.1) is 11.8 Å². The zero-order chi connectivity index (χ0) is 10.0. The Morgan fingerprint density at radius 2 is 1.85 bits per heavy atom. The van der Waals surface area contributed by atoms with E-state index < -0.39 is 11.8 Å². The van der Waals surface area contributed by atoms with Gasteiger partial charge in [0, 0.05) is 0 Å². The lowest BCUT2D eigenvalue weighted by Gasteiger charge is -2.26. The Morgan fingerprint density at radius 1 is 1.38 bits per heavy atom. The van der Waals surface area contributed by atoms with Crippen molar-refractivity contribution < 1.29 is 14.3 Å². The highest BCUT2D eigenvalue weighted by Gasteiger charge is 2.24. The van der Waals surface area contributed by atoms with Crippen molar-refractivity contribution >= 4 is 5.97 Å². The molecule has 1 N–H and O–H groups in total. The largest absolute Gasteiger partial charge is 0.476 e. The van der Waals surface area contributed by atoms with E-state index in [1.54, 1.807) is 0 Å². The van der Waals surface area contributed by atoms with Gasteiger partial charge in [-0.15, -0.1) is 0 Å². The molecule has 0 aromatic carbocycles. The second-order valence-electron chi connectivity index (χ2n) is 4.08. The minimum Gasteiger partial charge on any atom is -0.476 e. The summed E-state index contributed by atoms with van der Waals surface area (Å²) >= 11 is 0. The third-order valence-corrected chi connectivity index (χ3v) is 2.49. The molecule has 0 aliphatic heterocycles. The van der Waals surface area contributed by atoms with Gasteiger partial charge in [-0.2, -0.15) is 4.39 Å². The van der Waals surface area contributed by atoms with Gasteiger partial charge in [0.1, 0.15) is 0 Å². The first-order valence-electron chi connectivity index (χ1n) is 4.61. The van der Waals surface area contributed by atoms with Crippen molar-refractivity contribution in [3.05, 3.63) is 11.4 Å². The molecule has 0 spiro atoms. The second kappa shape index (κ2) is 3.90. The van der Waals surface area contributed by atoms with Crippen molar-refractivity contribution in [3.8, 4) is 0 Å². The molecule has 1 aliphatic rings. The zero-order valence-electron chi connectivity index (χ0n) is 8.01. The first kappa shape index (κ1) is 10.2. The maximum Gasteiger partial charge on any atom is 0.364 e. The van der Waals surface area contributed by atoms with Crippen LogP contribution in [0.5, 0.6) is 0 Å². The molecule has 2 atom stereocenters. The summed E-state index contributed by atoms with van der Waals surface area (Å²) < 4.78 is 13.0. The number of carbonyl (C=O) groups is 1. The lowest BCUT2D eigenvalue weighted by Crippen LogP contribution is -2.15. The van der Waals surface area contributed by atoms with E-state index in [0.717, 1.165) is 6.42 Å². The Bertz CT molecular complexity index is 233. The molecule has 1 fully saturated rings. The van der Waals surface area contributed by atoms with Gasteiger partial charge in [0.05, 0.1) is 0 Å². The highest BCUT2D eigenvalue weighted by Crippen LogP contribution is 2.34. The van der Waals surface area contributed by atoms with Crippen LogP contribution in [0.1, 0.15) is 33.1 Å². The fourth-order valence-corrected chi connectivity index (χ4v) is 2.11. The summed E-state index contributed by atoms with van der Waals surface area (Å²) in [5, 5.41) is 8.47. The van der Waals surface area contributed by atoms with E-state index in [9.17, 15) is 9.18 Å². The third-order valence-electron chi connectivity index (χ3n) is 2.49. The van der Waals surface area contributed by atoms with Crippen LogP contribution < -0.4 is 0 Å². The van der Waals surface area contributed by atoms with Gasteiger partial charge in [0.2, 0.25) is 5.83 Å².